The Balaban J connectivity index is 1.48. The zero-order valence-corrected chi connectivity index (χ0v) is 18.0. The van der Waals surface area contributed by atoms with Crippen molar-refractivity contribution in [3.63, 3.8) is 0 Å². The largest absolute Gasteiger partial charge is 0.456 e. The van der Waals surface area contributed by atoms with E-state index in [2.05, 4.69) is 108 Å². The van der Waals surface area contributed by atoms with Crippen molar-refractivity contribution < 1.29 is 4.42 Å². The molecule has 1 aliphatic rings. The summed E-state index contributed by atoms with van der Waals surface area (Å²) < 4.78 is 6.20. The van der Waals surface area contributed by atoms with Crippen LogP contribution < -0.4 is 4.90 Å². The Morgan fingerprint density at radius 3 is 2.24 bits per heavy atom. The highest BCUT2D eigenvalue weighted by atomic mass is 16.3. The van der Waals surface area contributed by atoms with Gasteiger partial charge in [-0.2, -0.15) is 0 Å². The van der Waals surface area contributed by atoms with Gasteiger partial charge in [-0.3, -0.25) is 0 Å². The Labute approximate surface area is 192 Å². The van der Waals surface area contributed by atoms with Gasteiger partial charge in [0, 0.05) is 16.8 Å². The number of hydrogen-bond donors (Lipinski definition) is 0. The molecule has 2 nitrogen and oxygen atoms in total. The first-order valence-corrected chi connectivity index (χ1v) is 11.3. The zero-order valence-electron chi connectivity index (χ0n) is 18.0. The minimum Gasteiger partial charge on any atom is -0.456 e. The van der Waals surface area contributed by atoms with Gasteiger partial charge in [0.15, 0.2) is 0 Å². The Bertz CT molecular complexity index is 1640. The molecule has 0 amide bonds. The highest BCUT2D eigenvalue weighted by Crippen LogP contribution is 2.45. The molecule has 5 aromatic carbocycles. The maximum Gasteiger partial charge on any atom is 0.137 e. The van der Waals surface area contributed by atoms with E-state index >= 15 is 0 Å². The summed E-state index contributed by atoms with van der Waals surface area (Å²) in [5.74, 6) is 0. The maximum absolute atomic E-state index is 6.20. The van der Waals surface area contributed by atoms with E-state index in [4.69, 9.17) is 4.42 Å². The predicted molar refractivity (Wildman–Crippen MR) is 137 cm³/mol. The summed E-state index contributed by atoms with van der Waals surface area (Å²) in [6.45, 7) is 0. The van der Waals surface area contributed by atoms with E-state index in [9.17, 15) is 0 Å². The summed E-state index contributed by atoms with van der Waals surface area (Å²) in [5, 5.41) is 2.28. The van der Waals surface area contributed by atoms with E-state index in [0.717, 1.165) is 45.4 Å². The van der Waals surface area contributed by atoms with E-state index in [1.54, 1.807) is 0 Å². The fourth-order valence-electron chi connectivity index (χ4n) is 5.22. The van der Waals surface area contributed by atoms with Crippen molar-refractivity contribution in [2.45, 2.75) is 6.42 Å². The van der Waals surface area contributed by atoms with Gasteiger partial charge in [-0.05, 0) is 71.1 Å². The van der Waals surface area contributed by atoms with Crippen molar-refractivity contribution in [3.8, 4) is 11.1 Å². The number of benzene rings is 5. The number of anilines is 3. The van der Waals surface area contributed by atoms with Crippen LogP contribution in [0.25, 0.3) is 33.1 Å². The molecule has 0 saturated carbocycles. The molecule has 0 bridgehead atoms. The van der Waals surface area contributed by atoms with Crippen LogP contribution in [0, 0.1) is 0 Å². The lowest BCUT2D eigenvalue weighted by atomic mass is 10.0. The third kappa shape index (κ3) is 2.81. The van der Waals surface area contributed by atoms with Crippen LogP contribution in [0.5, 0.6) is 0 Å². The number of hydrogen-bond acceptors (Lipinski definition) is 2. The number of para-hydroxylation sites is 2. The smallest absolute Gasteiger partial charge is 0.137 e. The lowest BCUT2D eigenvalue weighted by Crippen LogP contribution is -2.10. The van der Waals surface area contributed by atoms with Crippen LogP contribution in [-0.4, -0.2) is 0 Å². The molecule has 1 heterocycles. The summed E-state index contributed by atoms with van der Waals surface area (Å²) in [4.78, 5) is 2.35. The first-order chi connectivity index (χ1) is 16.4. The van der Waals surface area contributed by atoms with Crippen molar-refractivity contribution in [2.75, 3.05) is 4.90 Å². The third-order valence-corrected chi connectivity index (χ3v) is 6.67. The molecule has 6 aromatic rings. The molecule has 0 atom stereocenters. The molecule has 0 aliphatic heterocycles. The van der Waals surface area contributed by atoms with Crippen LogP contribution in [0.3, 0.4) is 0 Å². The molecule has 0 spiro atoms. The topological polar surface area (TPSA) is 16.4 Å². The summed E-state index contributed by atoms with van der Waals surface area (Å²) in [5.41, 5.74) is 10.7. The average molecular weight is 424 g/mol. The molecule has 0 fully saturated rings. The van der Waals surface area contributed by atoms with E-state index in [-0.39, 0.29) is 0 Å². The van der Waals surface area contributed by atoms with Crippen molar-refractivity contribution in [2.24, 2.45) is 0 Å². The van der Waals surface area contributed by atoms with Crippen molar-refractivity contribution >= 4 is 39.0 Å². The van der Waals surface area contributed by atoms with Gasteiger partial charge < -0.3 is 9.32 Å². The quantitative estimate of drug-likeness (QED) is 0.283. The second-order valence-corrected chi connectivity index (χ2v) is 8.59. The van der Waals surface area contributed by atoms with Gasteiger partial charge in [-0.15, -0.1) is 0 Å². The highest BCUT2D eigenvalue weighted by Gasteiger charge is 2.22. The minimum absolute atomic E-state index is 0.906. The van der Waals surface area contributed by atoms with E-state index in [1.807, 2.05) is 12.1 Å². The zero-order chi connectivity index (χ0) is 21.8. The van der Waals surface area contributed by atoms with E-state index in [0.29, 0.717) is 0 Å². The molecular formula is C31H21NO. The Hall–Kier alpha value is -4.30. The molecule has 7 rings (SSSR count). The van der Waals surface area contributed by atoms with Crippen LogP contribution in [0.2, 0.25) is 0 Å². The average Bonchev–Trinajstić information content (AvgIpc) is 3.43. The summed E-state index contributed by atoms with van der Waals surface area (Å²) in [6.07, 6.45) is 0.973. The van der Waals surface area contributed by atoms with Gasteiger partial charge in [0.25, 0.3) is 0 Å². The molecule has 33 heavy (non-hydrogen) atoms. The van der Waals surface area contributed by atoms with Crippen LogP contribution in [0.1, 0.15) is 11.1 Å². The van der Waals surface area contributed by atoms with Crippen molar-refractivity contribution in [1.82, 2.24) is 0 Å². The fraction of sp³-hybridized carbons (Fsp3) is 0.0323. The van der Waals surface area contributed by atoms with Crippen molar-refractivity contribution in [1.29, 1.82) is 0 Å². The molecule has 0 unspecified atom stereocenters. The molecular weight excluding hydrogens is 402 g/mol. The Morgan fingerprint density at radius 2 is 1.30 bits per heavy atom. The number of furan rings is 1. The molecule has 1 aliphatic carbocycles. The van der Waals surface area contributed by atoms with Crippen LogP contribution in [-0.2, 0) is 6.42 Å². The molecule has 1 aromatic heterocycles. The first kappa shape index (κ1) is 18.3. The summed E-state index contributed by atoms with van der Waals surface area (Å²) in [7, 11) is 0. The van der Waals surface area contributed by atoms with Gasteiger partial charge in [0.05, 0.1) is 11.1 Å². The molecule has 0 saturated heterocycles. The minimum atomic E-state index is 0.906. The second-order valence-electron chi connectivity index (χ2n) is 8.59. The molecule has 0 radical (unpaired) electrons. The summed E-state index contributed by atoms with van der Waals surface area (Å²) >= 11 is 0. The predicted octanol–water partition coefficient (Wildman–Crippen LogP) is 8.63. The standard InChI is InChI=1S/C31H21NO/c1-2-10-23(11-3-1)32(24-17-18-26-22(20-24)19-21-9-4-5-12-25(21)26)28-14-8-16-30-31(28)27-13-6-7-15-29(27)33-30/h1-18,20H,19H2. The van der Waals surface area contributed by atoms with Gasteiger partial charge in [0.2, 0.25) is 0 Å². The van der Waals surface area contributed by atoms with E-state index < -0.39 is 0 Å². The normalized spacial score (nSPS) is 12.1. The van der Waals surface area contributed by atoms with Crippen LogP contribution in [0.15, 0.2) is 120 Å². The van der Waals surface area contributed by atoms with E-state index in [1.165, 1.54) is 22.3 Å². The third-order valence-electron chi connectivity index (χ3n) is 6.67. The number of fused-ring (bicyclic) bond motifs is 6. The van der Waals surface area contributed by atoms with Crippen LogP contribution >= 0.6 is 0 Å². The van der Waals surface area contributed by atoms with Gasteiger partial charge >= 0.3 is 0 Å². The first-order valence-electron chi connectivity index (χ1n) is 11.3. The monoisotopic (exact) mass is 423 g/mol. The number of nitrogens with zero attached hydrogens (tertiary/aromatic N) is 1. The Morgan fingerprint density at radius 1 is 0.545 bits per heavy atom. The molecule has 0 N–H and O–H groups in total. The van der Waals surface area contributed by atoms with Gasteiger partial charge in [-0.1, -0.05) is 72.8 Å². The lowest BCUT2D eigenvalue weighted by Gasteiger charge is -2.26. The van der Waals surface area contributed by atoms with Gasteiger partial charge in [-0.25, -0.2) is 0 Å². The van der Waals surface area contributed by atoms with Crippen molar-refractivity contribution in [3.05, 3.63) is 126 Å². The lowest BCUT2D eigenvalue weighted by molar-refractivity contribution is 0.669. The molecule has 156 valence electrons. The second kappa shape index (κ2) is 7.11. The number of rotatable bonds is 3. The fourth-order valence-corrected chi connectivity index (χ4v) is 5.22. The Kier molecular flexibility index (Phi) is 3.94. The maximum atomic E-state index is 6.20. The van der Waals surface area contributed by atoms with Crippen LogP contribution in [0.4, 0.5) is 17.1 Å². The highest BCUT2D eigenvalue weighted by molar-refractivity contribution is 6.13. The summed E-state index contributed by atoms with van der Waals surface area (Å²) in [6, 6.07) is 40.8. The SMILES string of the molecule is c1ccc(N(c2ccc3c(c2)Cc2ccccc2-3)c2cccc3oc4ccccc4c23)cc1. The molecule has 2 heteroatoms. The van der Waals surface area contributed by atoms with Gasteiger partial charge in [0.1, 0.15) is 11.2 Å².